The molecule has 0 aliphatic heterocycles. The third kappa shape index (κ3) is 6.17. The number of oxazole rings is 1. The number of aromatic nitrogens is 1. The molecule has 0 saturated heterocycles. The molecule has 0 bridgehead atoms. The van der Waals surface area contributed by atoms with Crippen molar-refractivity contribution < 1.29 is 37.0 Å². The van der Waals surface area contributed by atoms with Crippen LogP contribution in [-0.2, 0) is 0 Å². The molecule has 1 amide bonds. The van der Waals surface area contributed by atoms with Crippen molar-refractivity contribution in [1.82, 2.24) is 10.3 Å². The van der Waals surface area contributed by atoms with Gasteiger partial charge in [0.05, 0.1) is 49.1 Å². The van der Waals surface area contributed by atoms with Gasteiger partial charge >= 0.3 is 0 Å². The number of hydrogen-bond acceptors (Lipinski definition) is 10. The van der Waals surface area contributed by atoms with Gasteiger partial charge in [-0.1, -0.05) is 18.2 Å². The number of furan rings is 1. The summed E-state index contributed by atoms with van der Waals surface area (Å²) in [6, 6.07) is 23.1. The molecule has 1 unspecified atom stereocenters. The number of rotatable bonds is 10. The number of anilines is 1. The van der Waals surface area contributed by atoms with Crippen LogP contribution in [0.25, 0.3) is 56.0 Å². The van der Waals surface area contributed by atoms with Crippen molar-refractivity contribution in [2.45, 2.75) is 12.5 Å². The SMILES string of the molecule is CNC(=O)c1c(-c2ccc(F)cc2)oc2cc(N(CC(O)CC#N)S(C)(O)O)c(-c3ccc(OC)c(-c4nc5ccccc5o4)c3)cc12. The van der Waals surface area contributed by atoms with Gasteiger partial charge in [-0.15, -0.1) is 10.8 Å². The topological polar surface area (TPSA) is 165 Å². The second kappa shape index (κ2) is 13.0. The molecule has 0 fully saturated rings. The van der Waals surface area contributed by atoms with E-state index < -0.39 is 28.6 Å². The number of hydrogen-bond donors (Lipinski definition) is 4. The Bertz CT molecular complexity index is 2150. The first-order valence-electron chi connectivity index (χ1n) is 14.7. The van der Waals surface area contributed by atoms with Crippen LogP contribution in [0.5, 0.6) is 5.75 Å². The maximum absolute atomic E-state index is 13.8. The molecule has 1 atom stereocenters. The fourth-order valence-electron chi connectivity index (χ4n) is 5.54. The molecule has 13 heteroatoms. The van der Waals surface area contributed by atoms with Gasteiger partial charge < -0.3 is 24.0 Å². The maximum Gasteiger partial charge on any atom is 0.255 e. The van der Waals surface area contributed by atoms with Gasteiger partial charge in [0.2, 0.25) is 5.89 Å². The van der Waals surface area contributed by atoms with Crippen molar-refractivity contribution in [1.29, 1.82) is 5.26 Å². The number of aliphatic hydroxyl groups is 1. The Morgan fingerprint density at radius 2 is 1.77 bits per heavy atom. The smallest absolute Gasteiger partial charge is 0.255 e. The standard InChI is InChI=1S/C35H31FN4O7S/c1-38-34(42)32-25-17-24(21-10-13-29(45-2)26(16-21)35-39-27-6-4-5-7-30(27)47-35)28(40(48(3,43)44)19-23(41)14-15-37)18-31(25)46-33(32)20-8-11-22(36)12-9-20/h4-13,16-18,23,41,43-44H,14,19H2,1-3H3,(H,38,42). The molecule has 246 valence electrons. The number of para-hydroxylation sites is 2. The van der Waals surface area contributed by atoms with E-state index in [4.69, 9.17) is 13.6 Å². The van der Waals surface area contributed by atoms with Gasteiger partial charge in [-0.05, 0) is 60.2 Å². The molecule has 0 spiro atoms. The second-order valence-corrected chi connectivity index (χ2v) is 13.1. The summed E-state index contributed by atoms with van der Waals surface area (Å²) in [5.74, 6) is -0.00769. The van der Waals surface area contributed by atoms with E-state index in [1.54, 1.807) is 36.4 Å². The first-order valence-corrected chi connectivity index (χ1v) is 16.6. The molecule has 11 nitrogen and oxygen atoms in total. The molecule has 0 aliphatic rings. The molecular weight excluding hydrogens is 639 g/mol. The lowest BCUT2D eigenvalue weighted by Gasteiger charge is -2.43. The van der Waals surface area contributed by atoms with Crippen molar-refractivity contribution >= 4 is 44.4 Å². The molecule has 6 rings (SSSR count). The van der Waals surface area contributed by atoms with Crippen molar-refractivity contribution in [3.8, 4) is 45.7 Å². The van der Waals surface area contributed by atoms with Crippen LogP contribution >= 0.6 is 10.8 Å². The molecule has 4 N–H and O–H groups in total. The van der Waals surface area contributed by atoms with Gasteiger partial charge in [0, 0.05) is 35.9 Å². The van der Waals surface area contributed by atoms with Crippen molar-refractivity contribution in [2.75, 3.05) is 31.3 Å². The van der Waals surface area contributed by atoms with Crippen LogP contribution in [0.4, 0.5) is 10.1 Å². The van der Waals surface area contributed by atoms with Crippen molar-refractivity contribution in [3.05, 3.63) is 90.2 Å². The summed E-state index contributed by atoms with van der Waals surface area (Å²) in [5, 5.41) is 22.9. The number of amides is 1. The van der Waals surface area contributed by atoms with Gasteiger partial charge in [0.1, 0.15) is 28.4 Å². The van der Waals surface area contributed by atoms with Crippen molar-refractivity contribution in [3.63, 3.8) is 0 Å². The molecule has 0 aliphatic carbocycles. The van der Waals surface area contributed by atoms with Crippen LogP contribution in [0, 0.1) is 17.1 Å². The molecule has 6 aromatic rings. The van der Waals surface area contributed by atoms with E-state index in [9.17, 15) is 28.7 Å². The van der Waals surface area contributed by atoms with Crippen molar-refractivity contribution in [2.24, 2.45) is 0 Å². The quantitative estimate of drug-likeness (QED) is 0.115. The van der Waals surface area contributed by atoms with Crippen LogP contribution in [0.2, 0.25) is 0 Å². The Morgan fingerprint density at radius 3 is 2.44 bits per heavy atom. The minimum absolute atomic E-state index is 0.175. The zero-order chi connectivity index (χ0) is 34.2. The minimum Gasteiger partial charge on any atom is -0.496 e. The average Bonchev–Trinajstić information content (AvgIpc) is 3.67. The van der Waals surface area contributed by atoms with Gasteiger partial charge in [-0.2, -0.15) is 5.26 Å². The predicted molar refractivity (Wildman–Crippen MR) is 182 cm³/mol. The molecule has 4 aromatic carbocycles. The zero-order valence-corrected chi connectivity index (χ0v) is 26.9. The maximum atomic E-state index is 13.8. The lowest BCUT2D eigenvalue weighted by atomic mass is 9.96. The number of benzene rings is 4. The third-order valence-corrected chi connectivity index (χ3v) is 8.97. The first-order chi connectivity index (χ1) is 23.0. The number of fused-ring (bicyclic) bond motifs is 2. The van der Waals surface area contributed by atoms with E-state index in [1.807, 2.05) is 24.3 Å². The molecular formula is C35H31FN4O7S. The van der Waals surface area contributed by atoms with Gasteiger partial charge in [0.25, 0.3) is 5.91 Å². The molecule has 0 saturated carbocycles. The largest absolute Gasteiger partial charge is 0.496 e. The summed E-state index contributed by atoms with van der Waals surface area (Å²) >= 11 is 0. The Kier molecular flexibility index (Phi) is 8.83. The predicted octanol–water partition coefficient (Wildman–Crippen LogP) is 7.46. The summed E-state index contributed by atoms with van der Waals surface area (Å²) in [5.41, 5.74) is 3.74. The lowest BCUT2D eigenvalue weighted by Crippen LogP contribution is -2.34. The lowest BCUT2D eigenvalue weighted by molar-refractivity contribution is 0.0964. The monoisotopic (exact) mass is 670 g/mol. The van der Waals surface area contributed by atoms with Crippen LogP contribution < -0.4 is 14.4 Å². The van der Waals surface area contributed by atoms with Crippen LogP contribution in [0.1, 0.15) is 16.8 Å². The third-order valence-electron chi connectivity index (χ3n) is 7.79. The highest BCUT2D eigenvalue weighted by Crippen LogP contribution is 2.50. The van der Waals surface area contributed by atoms with E-state index in [0.717, 1.165) is 0 Å². The minimum atomic E-state index is -3.56. The highest BCUT2D eigenvalue weighted by Gasteiger charge is 2.29. The summed E-state index contributed by atoms with van der Waals surface area (Å²) in [7, 11) is -0.565. The number of aliphatic hydroxyl groups excluding tert-OH is 1. The number of methoxy groups -OCH3 is 1. The number of carbonyl (C=O) groups excluding carboxylic acids is 1. The number of nitriles is 1. The highest BCUT2D eigenvalue weighted by molar-refractivity contribution is 8.24. The van der Waals surface area contributed by atoms with Crippen LogP contribution in [-0.4, -0.2) is 58.2 Å². The van der Waals surface area contributed by atoms with Crippen LogP contribution in [0.3, 0.4) is 0 Å². The summed E-state index contributed by atoms with van der Waals surface area (Å²) in [6.07, 6.45) is -0.284. The highest BCUT2D eigenvalue weighted by atomic mass is 32.3. The summed E-state index contributed by atoms with van der Waals surface area (Å²) in [6.45, 7) is -0.313. The Labute approximate surface area is 276 Å². The second-order valence-electron chi connectivity index (χ2n) is 11.0. The van der Waals surface area contributed by atoms with Gasteiger partial charge in [0.15, 0.2) is 5.58 Å². The van der Waals surface area contributed by atoms with Crippen LogP contribution in [0.15, 0.2) is 87.7 Å². The van der Waals surface area contributed by atoms with Gasteiger partial charge in [-0.3, -0.25) is 18.2 Å². The number of nitrogens with one attached hydrogen (secondary N) is 1. The Morgan fingerprint density at radius 1 is 1.04 bits per heavy atom. The Balaban J connectivity index is 1.65. The summed E-state index contributed by atoms with van der Waals surface area (Å²) in [4.78, 5) is 18.0. The van der Waals surface area contributed by atoms with E-state index in [0.29, 0.717) is 44.5 Å². The first kappa shape index (κ1) is 32.5. The van der Waals surface area contributed by atoms with E-state index in [-0.39, 0.29) is 41.5 Å². The van der Waals surface area contributed by atoms with E-state index in [1.165, 1.54) is 49.0 Å². The normalized spacial score (nSPS) is 12.5. The Hall–Kier alpha value is -5.39. The average molecular weight is 671 g/mol. The number of nitrogens with zero attached hydrogens (tertiary/aromatic N) is 3. The fourth-order valence-corrected chi connectivity index (χ4v) is 6.52. The molecule has 2 heterocycles. The molecule has 2 aromatic heterocycles. The number of halogens is 1. The number of ether oxygens (including phenoxy) is 1. The molecule has 0 radical (unpaired) electrons. The molecule has 48 heavy (non-hydrogen) atoms. The fraction of sp³-hybridized carbons (Fsp3) is 0.171. The van der Waals surface area contributed by atoms with E-state index in [2.05, 4.69) is 10.3 Å². The zero-order valence-electron chi connectivity index (χ0n) is 26.1. The van der Waals surface area contributed by atoms with E-state index >= 15 is 0 Å². The number of carbonyl (C=O) groups is 1. The summed E-state index contributed by atoms with van der Waals surface area (Å²) < 4.78 is 55.1. The van der Waals surface area contributed by atoms with Gasteiger partial charge in [-0.25, -0.2) is 9.37 Å².